The Morgan fingerprint density at radius 2 is 1.90 bits per heavy atom. The predicted octanol–water partition coefficient (Wildman–Crippen LogP) is 5.94. The lowest BCUT2D eigenvalue weighted by Gasteiger charge is -2.12. The molecule has 3 aromatic heterocycles. The van der Waals surface area contributed by atoms with Crippen LogP contribution in [0.2, 0.25) is 5.02 Å². The molecule has 3 heterocycles. The number of thiophene rings is 1. The summed E-state index contributed by atoms with van der Waals surface area (Å²) >= 11 is 9.25. The van der Waals surface area contributed by atoms with Crippen molar-refractivity contribution in [3.05, 3.63) is 51.6 Å². The molecule has 0 aliphatic rings. The van der Waals surface area contributed by atoms with Gasteiger partial charge in [-0.1, -0.05) is 60.9 Å². The predicted molar refractivity (Wildman–Crippen MR) is 120 cm³/mol. The summed E-state index contributed by atoms with van der Waals surface area (Å²) in [5, 5.41) is 16.7. The number of anilines is 1. The molecular weight excluding hydrogens is 426 g/mol. The molecule has 0 saturated carbocycles. The smallest absolute Gasteiger partial charge is 0.299 e. The second-order valence-corrected chi connectivity index (χ2v) is 9.74. The van der Waals surface area contributed by atoms with Crippen LogP contribution in [0.5, 0.6) is 10.9 Å². The van der Waals surface area contributed by atoms with Gasteiger partial charge >= 0.3 is 0 Å². The summed E-state index contributed by atoms with van der Waals surface area (Å²) < 4.78 is 5.83. The fraction of sp³-hybridized carbons (Fsp3) is 0.300. The third-order valence-corrected chi connectivity index (χ3v) is 6.75. The van der Waals surface area contributed by atoms with Gasteiger partial charge in [-0.3, -0.25) is 0 Å². The molecule has 0 aliphatic carbocycles. The molecule has 29 heavy (non-hydrogen) atoms. The van der Waals surface area contributed by atoms with E-state index in [1.54, 1.807) is 6.33 Å². The molecule has 9 heteroatoms. The van der Waals surface area contributed by atoms with E-state index in [0.29, 0.717) is 10.2 Å². The first-order valence-electron chi connectivity index (χ1n) is 9.12. The minimum atomic E-state index is -0.0291. The average molecular weight is 446 g/mol. The van der Waals surface area contributed by atoms with E-state index in [-0.39, 0.29) is 5.41 Å². The maximum Gasteiger partial charge on any atom is 0.299 e. The topological polar surface area (TPSA) is 72.8 Å². The van der Waals surface area contributed by atoms with E-state index in [9.17, 15) is 0 Å². The van der Waals surface area contributed by atoms with Crippen molar-refractivity contribution in [1.29, 1.82) is 0 Å². The normalized spacial score (nSPS) is 11.7. The molecule has 0 radical (unpaired) electrons. The van der Waals surface area contributed by atoms with Crippen LogP contribution in [0.25, 0.3) is 10.2 Å². The second kappa shape index (κ2) is 8.22. The molecule has 4 aromatic rings. The van der Waals surface area contributed by atoms with Crippen LogP contribution in [0.15, 0.2) is 36.0 Å². The second-order valence-electron chi connectivity index (χ2n) is 7.53. The van der Waals surface area contributed by atoms with Crippen molar-refractivity contribution in [1.82, 2.24) is 20.2 Å². The number of hydrogen-bond acceptors (Lipinski definition) is 8. The molecule has 0 atom stereocenters. The zero-order chi connectivity index (χ0) is 20.4. The van der Waals surface area contributed by atoms with Gasteiger partial charge in [-0.15, -0.1) is 16.4 Å². The number of hydrogen-bond donors (Lipinski definition) is 1. The van der Waals surface area contributed by atoms with Crippen LogP contribution >= 0.6 is 34.3 Å². The molecule has 1 aromatic carbocycles. The largest absolute Gasteiger partial charge is 0.430 e. The Morgan fingerprint density at radius 3 is 2.62 bits per heavy atom. The number of nitrogens with one attached hydrogen (secondary N) is 1. The van der Waals surface area contributed by atoms with Crippen LogP contribution in [-0.2, 0) is 11.8 Å². The molecule has 1 N–H and O–H groups in total. The highest BCUT2D eigenvalue weighted by molar-refractivity contribution is 7.17. The van der Waals surface area contributed by atoms with Gasteiger partial charge in [0.1, 0.15) is 27.7 Å². The summed E-state index contributed by atoms with van der Waals surface area (Å²) in [4.78, 5) is 9.46. The Balaban J connectivity index is 1.35. The minimum absolute atomic E-state index is 0.0291. The van der Waals surface area contributed by atoms with Crippen molar-refractivity contribution in [2.45, 2.75) is 32.6 Å². The molecule has 6 nitrogen and oxygen atoms in total. The molecular formula is C20H20ClN5OS2. The first-order chi connectivity index (χ1) is 13.9. The average Bonchev–Trinajstić information content (AvgIpc) is 3.31. The van der Waals surface area contributed by atoms with Crippen molar-refractivity contribution in [2.75, 3.05) is 11.9 Å². The van der Waals surface area contributed by atoms with E-state index in [1.807, 2.05) is 17.5 Å². The Morgan fingerprint density at radius 1 is 1.10 bits per heavy atom. The summed E-state index contributed by atoms with van der Waals surface area (Å²) in [5.74, 6) is 1.52. The van der Waals surface area contributed by atoms with Gasteiger partial charge in [0.15, 0.2) is 0 Å². The van der Waals surface area contributed by atoms with E-state index in [2.05, 4.69) is 58.4 Å². The summed E-state index contributed by atoms with van der Waals surface area (Å²) in [6, 6.07) is 8.00. The van der Waals surface area contributed by atoms with Crippen LogP contribution in [0, 0.1) is 0 Å². The van der Waals surface area contributed by atoms with Gasteiger partial charge in [-0.05, 0) is 24.1 Å². The highest BCUT2D eigenvalue weighted by Crippen LogP contribution is 2.33. The number of halogens is 1. The standard InChI is InChI=1S/C20H20ClN5OS2/c1-20(2,3)18-25-26-19(29-18)27-13-6-4-12(5-7-13)8-9-22-16-15-14(21)10-28-17(15)24-11-23-16/h4-7,10-11H,8-9H2,1-3H3,(H,22,23,24). The van der Waals surface area contributed by atoms with Gasteiger partial charge in [-0.25, -0.2) is 9.97 Å². The first-order valence-corrected chi connectivity index (χ1v) is 11.2. The van der Waals surface area contributed by atoms with Crippen LogP contribution in [0.1, 0.15) is 31.3 Å². The van der Waals surface area contributed by atoms with Crippen molar-refractivity contribution in [3.8, 4) is 10.9 Å². The van der Waals surface area contributed by atoms with E-state index < -0.39 is 0 Å². The monoisotopic (exact) mass is 445 g/mol. The molecule has 0 amide bonds. The highest BCUT2D eigenvalue weighted by Gasteiger charge is 2.20. The highest BCUT2D eigenvalue weighted by atomic mass is 35.5. The molecule has 0 saturated heterocycles. The lowest BCUT2D eigenvalue weighted by molar-refractivity contribution is 0.472. The van der Waals surface area contributed by atoms with Crippen molar-refractivity contribution in [3.63, 3.8) is 0 Å². The molecule has 0 fully saturated rings. The number of nitrogens with zero attached hydrogens (tertiary/aromatic N) is 4. The quantitative estimate of drug-likeness (QED) is 0.396. The third kappa shape index (κ3) is 4.66. The van der Waals surface area contributed by atoms with Crippen molar-refractivity contribution < 1.29 is 4.74 Å². The lowest BCUT2D eigenvalue weighted by Crippen LogP contribution is -2.10. The summed E-state index contributed by atoms with van der Waals surface area (Å²) in [6.07, 6.45) is 2.41. The first kappa shape index (κ1) is 20.0. The number of rotatable bonds is 6. The maximum atomic E-state index is 6.25. The van der Waals surface area contributed by atoms with Crippen LogP contribution in [0.3, 0.4) is 0 Å². The molecule has 0 unspecified atom stereocenters. The SMILES string of the molecule is CC(C)(C)c1nnc(Oc2ccc(CCNc3ncnc4scc(Cl)c34)cc2)s1. The number of aromatic nitrogens is 4. The zero-order valence-corrected chi connectivity index (χ0v) is 18.7. The molecule has 0 spiro atoms. The van der Waals surface area contributed by atoms with Gasteiger partial charge in [0, 0.05) is 17.3 Å². The van der Waals surface area contributed by atoms with Crippen LogP contribution < -0.4 is 10.1 Å². The van der Waals surface area contributed by atoms with Gasteiger partial charge < -0.3 is 10.1 Å². The third-order valence-electron chi connectivity index (χ3n) is 4.21. The van der Waals surface area contributed by atoms with Gasteiger partial charge in [0.05, 0.1) is 10.4 Å². The van der Waals surface area contributed by atoms with Crippen molar-refractivity contribution >= 4 is 50.3 Å². The zero-order valence-electron chi connectivity index (χ0n) is 16.3. The Hall–Kier alpha value is -2.29. The van der Waals surface area contributed by atoms with E-state index in [1.165, 1.54) is 28.2 Å². The molecule has 150 valence electrons. The summed E-state index contributed by atoms with van der Waals surface area (Å²) in [6.45, 7) is 7.07. The number of benzene rings is 1. The number of fused-ring (bicyclic) bond motifs is 1. The van der Waals surface area contributed by atoms with Crippen LogP contribution in [0.4, 0.5) is 5.82 Å². The number of ether oxygens (including phenoxy) is 1. The van der Waals surface area contributed by atoms with Gasteiger partial charge in [0.2, 0.25) is 0 Å². The summed E-state index contributed by atoms with van der Waals surface area (Å²) in [5.41, 5.74) is 1.16. The maximum absolute atomic E-state index is 6.25. The lowest BCUT2D eigenvalue weighted by atomic mass is 9.98. The van der Waals surface area contributed by atoms with Gasteiger partial charge in [0.25, 0.3) is 5.19 Å². The fourth-order valence-electron chi connectivity index (χ4n) is 2.68. The van der Waals surface area contributed by atoms with E-state index >= 15 is 0 Å². The molecule has 4 rings (SSSR count). The van der Waals surface area contributed by atoms with Crippen LogP contribution in [-0.4, -0.2) is 26.7 Å². The minimum Gasteiger partial charge on any atom is -0.430 e. The summed E-state index contributed by atoms with van der Waals surface area (Å²) in [7, 11) is 0. The van der Waals surface area contributed by atoms with Gasteiger partial charge in [-0.2, -0.15) is 0 Å². The Labute approximate surface area is 182 Å². The van der Waals surface area contributed by atoms with Crippen molar-refractivity contribution in [2.24, 2.45) is 0 Å². The Bertz CT molecular complexity index is 1120. The molecule has 0 aliphatic heterocycles. The van der Waals surface area contributed by atoms with E-state index in [4.69, 9.17) is 16.3 Å². The van der Waals surface area contributed by atoms with E-state index in [0.717, 1.165) is 39.8 Å². The Kier molecular flexibility index (Phi) is 5.67. The molecule has 0 bridgehead atoms. The fourth-order valence-corrected chi connectivity index (χ4v) is 4.59.